The van der Waals surface area contributed by atoms with Crippen molar-refractivity contribution in [1.29, 1.82) is 0 Å². The Morgan fingerprint density at radius 2 is 2.50 bits per heavy atom. The Bertz CT molecular complexity index is 424. The second-order valence-electron chi connectivity index (χ2n) is 5.25. The van der Waals surface area contributed by atoms with Gasteiger partial charge < -0.3 is 15.4 Å². The summed E-state index contributed by atoms with van der Waals surface area (Å²) in [5.41, 5.74) is 5.94. The highest BCUT2D eigenvalue weighted by molar-refractivity contribution is 5.81. The number of likely N-dealkylation sites (tertiary alicyclic amines) is 1. The standard InChI is InChI=1S/C15H23N3O2/c1-2-3-6-14(16)15(19)18-9-7-13(11-18)20-12-5-4-8-17-10-12/h4-5,8,10,13-14H,2-3,6-7,9,11,16H2,1H3/t13-,14-/m1/s1. The number of nitrogens with two attached hydrogens (primary N) is 1. The number of unbranched alkanes of at least 4 members (excludes halogenated alkanes) is 1. The van der Waals surface area contributed by atoms with Crippen LogP contribution in [0.3, 0.4) is 0 Å². The predicted octanol–water partition coefficient (Wildman–Crippen LogP) is 1.58. The monoisotopic (exact) mass is 277 g/mol. The molecule has 0 spiro atoms. The van der Waals surface area contributed by atoms with Crippen LogP contribution in [-0.2, 0) is 4.79 Å². The second-order valence-corrected chi connectivity index (χ2v) is 5.25. The molecule has 2 heterocycles. The van der Waals surface area contributed by atoms with Crippen molar-refractivity contribution in [1.82, 2.24) is 9.88 Å². The Balaban J connectivity index is 1.81. The van der Waals surface area contributed by atoms with Gasteiger partial charge in [0.25, 0.3) is 0 Å². The summed E-state index contributed by atoms with van der Waals surface area (Å²) in [6.45, 7) is 3.45. The Hall–Kier alpha value is -1.62. The third-order valence-corrected chi connectivity index (χ3v) is 3.58. The fourth-order valence-electron chi connectivity index (χ4n) is 2.42. The van der Waals surface area contributed by atoms with Gasteiger partial charge in [0.2, 0.25) is 5.91 Å². The van der Waals surface area contributed by atoms with Gasteiger partial charge in [0.15, 0.2) is 0 Å². The maximum atomic E-state index is 12.2. The molecule has 1 amide bonds. The SMILES string of the molecule is CCCC[C@@H](N)C(=O)N1CC[C@@H](Oc2cccnc2)C1. The maximum absolute atomic E-state index is 12.2. The molecule has 2 N–H and O–H groups in total. The maximum Gasteiger partial charge on any atom is 0.239 e. The van der Waals surface area contributed by atoms with Crippen LogP contribution in [0.5, 0.6) is 5.75 Å². The molecule has 110 valence electrons. The van der Waals surface area contributed by atoms with Crippen molar-refractivity contribution in [3.63, 3.8) is 0 Å². The van der Waals surface area contributed by atoms with Gasteiger partial charge >= 0.3 is 0 Å². The van der Waals surface area contributed by atoms with E-state index in [9.17, 15) is 4.79 Å². The molecule has 20 heavy (non-hydrogen) atoms. The van der Waals surface area contributed by atoms with E-state index >= 15 is 0 Å². The van der Waals surface area contributed by atoms with Crippen molar-refractivity contribution >= 4 is 5.91 Å². The van der Waals surface area contributed by atoms with Gasteiger partial charge in [0.05, 0.1) is 18.8 Å². The minimum Gasteiger partial charge on any atom is -0.487 e. The van der Waals surface area contributed by atoms with E-state index in [4.69, 9.17) is 10.5 Å². The average molecular weight is 277 g/mol. The van der Waals surface area contributed by atoms with Crippen molar-refractivity contribution in [3.8, 4) is 5.75 Å². The third kappa shape index (κ3) is 3.93. The van der Waals surface area contributed by atoms with E-state index in [0.29, 0.717) is 6.54 Å². The second kappa shape index (κ2) is 7.24. The van der Waals surface area contributed by atoms with Crippen molar-refractivity contribution in [2.45, 2.75) is 44.8 Å². The van der Waals surface area contributed by atoms with Gasteiger partial charge in [-0.25, -0.2) is 0 Å². The number of pyridine rings is 1. The number of ether oxygens (including phenoxy) is 1. The summed E-state index contributed by atoms with van der Waals surface area (Å²) in [4.78, 5) is 18.0. The van der Waals surface area contributed by atoms with Crippen LogP contribution in [0, 0.1) is 0 Å². The van der Waals surface area contributed by atoms with Crippen LogP contribution in [0.15, 0.2) is 24.5 Å². The summed E-state index contributed by atoms with van der Waals surface area (Å²) in [5.74, 6) is 0.804. The molecule has 1 aliphatic rings. The van der Waals surface area contributed by atoms with Crippen LogP contribution in [0.4, 0.5) is 0 Å². The number of amides is 1. The minimum atomic E-state index is -0.368. The first-order valence-electron chi connectivity index (χ1n) is 7.31. The lowest BCUT2D eigenvalue weighted by atomic mass is 10.1. The first-order chi connectivity index (χ1) is 9.70. The summed E-state index contributed by atoms with van der Waals surface area (Å²) >= 11 is 0. The molecule has 0 aromatic carbocycles. The summed E-state index contributed by atoms with van der Waals surface area (Å²) in [6, 6.07) is 3.35. The van der Waals surface area contributed by atoms with Gasteiger partial charge in [-0.2, -0.15) is 0 Å². The van der Waals surface area contributed by atoms with Crippen LogP contribution < -0.4 is 10.5 Å². The zero-order valence-corrected chi connectivity index (χ0v) is 12.0. The smallest absolute Gasteiger partial charge is 0.239 e. The minimum absolute atomic E-state index is 0.0431. The number of carbonyl (C=O) groups excluding carboxylic acids is 1. The third-order valence-electron chi connectivity index (χ3n) is 3.58. The van der Waals surface area contributed by atoms with Gasteiger partial charge in [-0.3, -0.25) is 9.78 Å². The normalized spacial score (nSPS) is 19.9. The lowest BCUT2D eigenvalue weighted by Gasteiger charge is -2.21. The van der Waals surface area contributed by atoms with Gasteiger partial charge in [0.1, 0.15) is 11.9 Å². The molecule has 0 unspecified atom stereocenters. The molecule has 2 rings (SSSR count). The Labute approximate surface area is 120 Å². The highest BCUT2D eigenvalue weighted by atomic mass is 16.5. The highest BCUT2D eigenvalue weighted by Gasteiger charge is 2.30. The van der Waals surface area contributed by atoms with Crippen molar-refractivity contribution in [2.75, 3.05) is 13.1 Å². The van der Waals surface area contributed by atoms with Crippen molar-refractivity contribution < 1.29 is 9.53 Å². The summed E-state index contributed by atoms with van der Waals surface area (Å²) in [6.07, 6.45) is 7.12. The molecular formula is C15H23N3O2. The number of hydrogen-bond donors (Lipinski definition) is 1. The molecule has 0 saturated carbocycles. The quantitative estimate of drug-likeness (QED) is 0.857. The van der Waals surface area contributed by atoms with Crippen molar-refractivity contribution in [3.05, 3.63) is 24.5 Å². The summed E-state index contributed by atoms with van der Waals surface area (Å²) in [5, 5.41) is 0. The predicted molar refractivity (Wildman–Crippen MR) is 77.4 cm³/mol. The first-order valence-corrected chi connectivity index (χ1v) is 7.31. The summed E-state index contributed by atoms with van der Waals surface area (Å²) in [7, 11) is 0. The molecule has 0 bridgehead atoms. The van der Waals surface area contributed by atoms with E-state index in [0.717, 1.165) is 38.0 Å². The van der Waals surface area contributed by atoms with Crippen LogP contribution in [0.1, 0.15) is 32.6 Å². The molecule has 1 aromatic heterocycles. The Kier molecular flexibility index (Phi) is 5.35. The van der Waals surface area contributed by atoms with Gasteiger partial charge in [-0.1, -0.05) is 19.8 Å². The number of aromatic nitrogens is 1. The van der Waals surface area contributed by atoms with Crippen molar-refractivity contribution in [2.24, 2.45) is 5.73 Å². The number of hydrogen-bond acceptors (Lipinski definition) is 4. The topological polar surface area (TPSA) is 68.5 Å². The average Bonchev–Trinajstić information content (AvgIpc) is 2.93. The molecular weight excluding hydrogens is 254 g/mol. The van der Waals surface area contributed by atoms with E-state index < -0.39 is 0 Å². The number of carbonyl (C=O) groups is 1. The number of nitrogens with zero attached hydrogens (tertiary/aromatic N) is 2. The molecule has 2 atom stereocenters. The molecule has 1 saturated heterocycles. The molecule has 1 aliphatic heterocycles. The molecule has 1 fully saturated rings. The number of rotatable bonds is 6. The molecule has 5 nitrogen and oxygen atoms in total. The van der Waals surface area contributed by atoms with E-state index in [1.807, 2.05) is 17.0 Å². The lowest BCUT2D eigenvalue weighted by Crippen LogP contribution is -2.43. The van der Waals surface area contributed by atoms with Crippen LogP contribution in [-0.4, -0.2) is 41.0 Å². The fraction of sp³-hybridized carbons (Fsp3) is 0.600. The van der Waals surface area contributed by atoms with E-state index in [2.05, 4.69) is 11.9 Å². The van der Waals surface area contributed by atoms with E-state index in [1.54, 1.807) is 12.4 Å². The lowest BCUT2D eigenvalue weighted by molar-refractivity contribution is -0.132. The first kappa shape index (κ1) is 14.8. The van der Waals surface area contributed by atoms with Gasteiger partial charge in [-0.05, 0) is 18.6 Å². The molecule has 5 heteroatoms. The van der Waals surface area contributed by atoms with Crippen LogP contribution in [0.25, 0.3) is 0 Å². The zero-order chi connectivity index (χ0) is 14.4. The molecule has 0 aliphatic carbocycles. The molecule has 0 radical (unpaired) electrons. The fourth-order valence-corrected chi connectivity index (χ4v) is 2.42. The van der Waals surface area contributed by atoms with E-state index in [1.165, 1.54) is 0 Å². The van der Waals surface area contributed by atoms with Gasteiger partial charge in [0, 0.05) is 19.2 Å². The van der Waals surface area contributed by atoms with Crippen LogP contribution >= 0.6 is 0 Å². The largest absolute Gasteiger partial charge is 0.487 e. The molecule has 1 aromatic rings. The van der Waals surface area contributed by atoms with Crippen LogP contribution in [0.2, 0.25) is 0 Å². The van der Waals surface area contributed by atoms with E-state index in [-0.39, 0.29) is 18.1 Å². The zero-order valence-electron chi connectivity index (χ0n) is 12.0. The van der Waals surface area contributed by atoms with Gasteiger partial charge in [-0.15, -0.1) is 0 Å². The Morgan fingerprint density at radius 3 is 3.20 bits per heavy atom. The Morgan fingerprint density at radius 1 is 1.65 bits per heavy atom. The highest BCUT2D eigenvalue weighted by Crippen LogP contribution is 2.18. The summed E-state index contributed by atoms with van der Waals surface area (Å²) < 4.78 is 5.82.